The first-order chi connectivity index (χ1) is 19.9. The lowest BCUT2D eigenvalue weighted by Crippen LogP contribution is -2.41. The molecule has 0 spiro atoms. The average Bonchev–Trinajstić information content (AvgIpc) is 2.99. The molecule has 218 valence electrons. The van der Waals surface area contributed by atoms with Crippen LogP contribution in [0, 0.1) is 5.41 Å². The molecule has 1 aromatic heterocycles. The molecule has 1 heterocycles. The predicted molar refractivity (Wildman–Crippen MR) is 162 cm³/mol. The van der Waals surface area contributed by atoms with Gasteiger partial charge in [0.05, 0.1) is 19.6 Å². The molecule has 0 aliphatic heterocycles. The lowest BCUT2D eigenvalue weighted by atomic mass is 10.1. The van der Waals surface area contributed by atoms with E-state index in [2.05, 4.69) is 25.1 Å². The van der Waals surface area contributed by atoms with E-state index in [1.807, 2.05) is 55.5 Å². The van der Waals surface area contributed by atoms with E-state index in [-0.39, 0.29) is 30.2 Å². The lowest BCUT2D eigenvalue weighted by Gasteiger charge is -2.17. The third-order valence-corrected chi connectivity index (χ3v) is 6.79. The molecule has 3 aromatic rings. The number of hydrogen-bond donors (Lipinski definition) is 5. The first kappa shape index (κ1) is 33.0. The zero-order chi connectivity index (χ0) is 29.9. The number of benzene rings is 2. The van der Waals surface area contributed by atoms with Crippen molar-refractivity contribution in [1.82, 2.24) is 20.3 Å². The number of pyridine rings is 1. The molecule has 10 nitrogen and oxygen atoms in total. The number of amides is 2. The summed E-state index contributed by atoms with van der Waals surface area (Å²) in [6.45, 7) is 3.03. The number of hydrogen-bond acceptors (Lipinski definition) is 8. The van der Waals surface area contributed by atoms with E-state index in [1.54, 1.807) is 24.5 Å². The van der Waals surface area contributed by atoms with Crippen LogP contribution in [0.4, 0.5) is 0 Å². The fourth-order valence-electron chi connectivity index (χ4n) is 3.58. The second-order valence-electron chi connectivity index (χ2n) is 8.93. The van der Waals surface area contributed by atoms with Crippen LogP contribution in [0.1, 0.15) is 41.2 Å². The molecule has 0 aliphatic carbocycles. The minimum absolute atomic E-state index is 0.0116. The lowest BCUT2D eigenvalue weighted by molar-refractivity contribution is -0.139. The number of nitrogens with two attached hydrogens (primary N) is 1. The van der Waals surface area contributed by atoms with Gasteiger partial charge in [-0.15, -0.1) is 0 Å². The van der Waals surface area contributed by atoms with Gasteiger partial charge in [-0.25, -0.2) is 0 Å². The SMILES string of the molecule is CCNC(=O)C(CCc1ccncc1)NSCc1ccc(CC(=O)OC)cc1.N=C(N)c1ccc(CNC=O)cc1. The fourth-order valence-corrected chi connectivity index (χ4v) is 4.45. The van der Waals surface area contributed by atoms with E-state index in [0.29, 0.717) is 31.5 Å². The Morgan fingerprint density at radius 2 is 1.63 bits per heavy atom. The highest BCUT2D eigenvalue weighted by atomic mass is 32.2. The van der Waals surface area contributed by atoms with Crippen LogP contribution in [0.2, 0.25) is 0 Å². The van der Waals surface area contributed by atoms with Gasteiger partial charge in [-0.2, -0.15) is 0 Å². The topological polar surface area (TPSA) is 159 Å². The van der Waals surface area contributed by atoms with E-state index < -0.39 is 0 Å². The predicted octanol–water partition coefficient (Wildman–Crippen LogP) is 2.89. The fraction of sp³-hybridized carbons (Fsp3) is 0.300. The third-order valence-electron chi connectivity index (χ3n) is 5.86. The Labute approximate surface area is 245 Å². The molecule has 0 fully saturated rings. The average molecular weight is 579 g/mol. The van der Waals surface area contributed by atoms with Crippen LogP contribution in [0.5, 0.6) is 0 Å². The van der Waals surface area contributed by atoms with Gasteiger partial charge >= 0.3 is 5.97 Å². The number of carbonyl (C=O) groups is 3. The van der Waals surface area contributed by atoms with Crippen LogP contribution in [0.15, 0.2) is 73.1 Å². The smallest absolute Gasteiger partial charge is 0.309 e. The second kappa shape index (κ2) is 19.0. The summed E-state index contributed by atoms with van der Waals surface area (Å²) in [6.07, 6.45) is 5.97. The highest BCUT2D eigenvalue weighted by Crippen LogP contribution is 2.14. The van der Waals surface area contributed by atoms with Crippen LogP contribution in [-0.2, 0) is 44.3 Å². The molecule has 1 unspecified atom stereocenters. The van der Waals surface area contributed by atoms with Crippen molar-refractivity contribution < 1.29 is 19.1 Å². The van der Waals surface area contributed by atoms with Crippen LogP contribution < -0.4 is 21.1 Å². The highest BCUT2D eigenvalue weighted by Gasteiger charge is 2.17. The number of aromatic nitrogens is 1. The van der Waals surface area contributed by atoms with Gasteiger partial charge in [0.2, 0.25) is 12.3 Å². The van der Waals surface area contributed by atoms with Crippen molar-refractivity contribution in [3.8, 4) is 0 Å². The largest absolute Gasteiger partial charge is 0.469 e. The summed E-state index contributed by atoms with van der Waals surface area (Å²) < 4.78 is 7.97. The van der Waals surface area contributed by atoms with Crippen molar-refractivity contribution in [2.45, 2.75) is 44.5 Å². The number of nitrogens with one attached hydrogen (secondary N) is 4. The number of amidine groups is 1. The number of aryl methyl sites for hydroxylation is 1. The maximum Gasteiger partial charge on any atom is 0.309 e. The Morgan fingerprint density at radius 1 is 1.00 bits per heavy atom. The van der Waals surface area contributed by atoms with Crippen molar-refractivity contribution in [3.05, 3.63) is 101 Å². The number of nitrogens with zero attached hydrogens (tertiary/aromatic N) is 1. The van der Waals surface area contributed by atoms with Crippen molar-refractivity contribution in [3.63, 3.8) is 0 Å². The minimum Gasteiger partial charge on any atom is -0.469 e. The van der Waals surface area contributed by atoms with Crippen LogP contribution >= 0.6 is 11.9 Å². The highest BCUT2D eigenvalue weighted by molar-refractivity contribution is 7.96. The minimum atomic E-state index is -0.267. The van der Waals surface area contributed by atoms with E-state index >= 15 is 0 Å². The van der Waals surface area contributed by atoms with Gasteiger partial charge in [0.25, 0.3) is 0 Å². The van der Waals surface area contributed by atoms with Gasteiger partial charge in [-0.1, -0.05) is 60.5 Å². The van der Waals surface area contributed by atoms with E-state index in [4.69, 9.17) is 11.1 Å². The maximum atomic E-state index is 12.3. The van der Waals surface area contributed by atoms with Gasteiger partial charge in [0.15, 0.2) is 0 Å². The summed E-state index contributed by atoms with van der Waals surface area (Å²) in [5, 5.41) is 12.6. The Balaban J connectivity index is 0.000000377. The number of rotatable bonds is 15. The molecule has 41 heavy (non-hydrogen) atoms. The molecule has 1 atom stereocenters. The summed E-state index contributed by atoms with van der Waals surface area (Å²) in [5.74, 6) is 0.541. The molecule has 0 radical (unpaired) electrons. The van der Waals surface area contributed by atoms with E-state index in [0.717, 1.165) is 34.4 Å². The number of carbonyl (C=O) groups excluding carboxylic acids is 3. The molecular formula is C30H38N6O4S. The molecule has 0 bridgehead atoms. The van der Waals surface area contributed by atoms with Crippen LogP contribution in [-0.4, -0.2) is 48.8 Å². The molecular weight excluding hydrogens is 540 g/mol. The van der Waals surface area contributed by atoms with Crippen LogP contribution in [0.25, 0.3) is 0 Å². The van der Waals surface area contributed by atoms with Crippen molar-refractivity contribution in [2.75, 3.05) is 13.7 Å². The normalized spacial score (nSPS) is 10.9. The number of esters is 1. The van der Waals surface area contributed by atoms with Crippen molar-refractivity contribution in [1.29, 1.82) is 5.41 Å². The Hall–Kier alpha value is -4.22. The molecule has 2 amide bonds. The standard InChI is InChI=1S/C21H27N3O3S.C9H11N3O/c1-3-23-21(26)19(9-8-16-10-12-22-13-11-16)24-28-15-18-6-4-17(5-7-18)14-20(25)27-2;10-9(11)8-3-1-7(2-4-8)5-12-6-13/h4-7,10-13,19,24H,3,8-9,14-15H2,1-2H3,(H,23,26);1-4,6H,5H2,(H3,10,11)(H,12,13). The number of ether oxygens (including phenoxy) is 1. The molecule has 0 saturated carbocycles. The van der Waals surface area contributed by atoms with Gasteiger partial charge in [-0.3, -0.25) is 29.5 Å². The summed E-state index contributed by atoms with van der Waals surface area (Å²) in [4.78, 5) is 37.7. The first-order valence-electron chi connectivity index (χ1n) is 13.1. The molecule has 0 saturated heterocycles. The van der Waals surface area contributed by atoms with Gasteiger partial charge in [0.1, 0.15) is 5.84 Å². The monoisotopic (exact) mass is 578 g/mol. The molecule has 2 aromatic carbocycles. The Kier molecular flexibility index (Phi) is 15.3. The number of nitrogen functional groups attached to an aromatic ring is 1. The third kappa shape index (κ3) is 13.1. The number of methoxy groups -OCH3 is 1. The number of likely N-dealkylation sites (N-methyl/N-ethyl adjacent to an activating group) is 1. The molecule has 6 N–H and O–H groups in total. The molecule has 3 rings (SSSR count). The summed E-state index contributed by atoms with van der Waals surface area (Å²) in [6, 6.07) is 18.7. The Morgan fingerprint density at radius 3 is 2.22 bits per heavy atom. The van der Waals surface area contributed by atoms with E-state index in [9.17, 15) is 14.4 Å². The zero-order valence-corrected chi connectivity index (χ0v) is 24.2. The maximum absolute atomic E-state index is 12.3. The van der Waals surface area contributed by atoms with Crippen molar-refractivity contribution >= 4 is 36.1 Å². The van der Waals surface area contributed by atoms with Crippen LogP contribution in [0.3, 0.4) is 0 Å². The zero-order valence-electron chi connectivity index (χ0n) is 23.4. The quantitative estimate of drug-likeness (QED) is 0.0605. The van der Waals surface area contributed by atoms with Crippen molar-refractivity contribution in [2.24, 2.45) is 5.73 Å². The summed E-state index contributed by atoms with van der Waals surface area (Å²) in [7, 11) is 1.39. The Bertz CT molecular complexity index is 1220. The van der Waals surface area contributed by atoms with Gasteiger partial charge in [-0.05, 0) is 54.2 Å². The molecule has 11 heteroatoms. The van der Waals surface area contributed by atoms with Gasteiger partial charge < -0.3 is 21.1 Å². The van der Waals surface area contributed by atoms with Gasteiger partial charge in [0, 0.05) is 36.8 Å². The first-order valence-corrected chi connectivity index (χ1v) is 14.1. The van der Waals surface area contributed by atoms with E-state index in [1.165, 1.54) is 19.1 Å². The summed E-state index contributed by atoms with van der Waals surface area (Å²) >= 11 is 1.51. The summed E-state index contributed by atoms with van der Waals surface area (Å²) in [5.41, 5.74) is 10.2. The molecule has 0 aliphatic rings. The second-order valence-corrected chi connectivity index (χ2v) is 9.74.